The molecule has 22 nitrogen and oxygen atoms in total. The number of amides is 5. The van der Waals surface area contributed by atoms with Crippen LogP contribution in [0.1, 0.15) is 62.5 Å². The van der Waals surface area contributed by atoms with Crippen LogP contribution in [-0.2, 0) is 46.3 Å². The lowest BCUT2D eigenvalue weighted by atomic mass is 9.88. The van der Waals surface area contributed by atoms with Crippen molar-refractivity contribution >= 4 is 41.2 Å². The van der Waals surface area contributed by atoms with E-state index >= 15 is 0 Å². The van der Waals surface area contributed by atoms with Gasteiger partial charge in [0.15, 0.2) is 0 Å². The van der Waals surface area contributed by atoms with Gasteiger partial charge in [-0.1, -0.05) is 42.5 Å². The molecule has 5 amide bonds. The molecule has 7 N–H and O–H groups in total. The number of anilines is 1. The molecule has 4 aliphatic rings. The number of hydrazine groups is 2. The third kappa shape index (κ3) is 24.7. The molecule has 4 atom stereocenters. The summed E-state index contributed by atoms with van der Waals surface area (Å²) >= 11 is 1.59. The molecule has 23 heteroatoms. The molecule has 0 bridgehead atoms. The SMILES string of the molecule is COCCCN(C(=O)CCc1ccc(OCCCCN(C)CCOCCOCCC2CN(CCOCCOc3ccc(NC(=O)NC4NC(CC(=O)N5CCN(C)CC5)CS4)cc3)NN2)cc1)C(C(=O)NCc1ccccc1)C1CCNCC1. The molecule has 7 rings (SSSR count). The molecule has 0 aliphatic carbocycles. The number of benzene rings is 3. The van der Waals surface area contributed by atoms with Gasteiger partial charge < -0.3 is 69.3 Å². The Morgan fingerprint density at radius 3 is 2.21 bits per heavy atom. The number of methoxy groups -OCH3 is 1. The van der Waals surface area contributed by atoms with E-state index in [0.717, 1.165) is 120 Å². The molecule has 4 unspecified atom stereocenters. The minimum Gasteiger partial charge on any atom is -0.494 e. The summed E-state index contributed by atoms with van der Waals surface area (Å²) in [6, 6.07) is 24.6. The van der Waals surface area contributed by atoms with Gasteiger partial charge in [-0.05, 0) is 132 Å². The molecule has 3 aromatic carbocycles. The monoisotopic (exact) mass is 1190 g/mol. The molecule has 0 radical (unpaired) electrons. The number of rotatable bonds is 38. The Kier molecular flexibility index (Phi) is 30.1. The topological polar surface area (TPSA) is 224 Å². The number of likely N-dealkylation sites (N-methyl/N-ethyl adjacent to an activating group) is 2. The summed E-state index contributed by atoms with van der Waals surface area (Å²) in [4.78, 5) is 61.6. The molecule has 0 aromatic heterocycles. The van der Waals surface area contributed by atoms with Gasteiger partial charge in [-0.3, -0.25) is 19.7 Å². The Hall–Kier alpha value is -5.15. The second kappa shape index (κ2) is 38.1. The van der Waals surface area contributed by atoms with Crippen LogP contribution in [0.5, 0.6) is 11.5 Å². The standard InChI is InChI=1S/C61H96N12O10S/c1-69(27-7-8-36-82-54-17-12-48(13-18-54)14-21-56(74)73(28-9-35-78-3)58(50-22-25-62-26-23-50)59(76)63-45-49-10-5-4-6-11-49)33-38-80-41-40-79-37-24-52-46-72(68-67-52)34-39-81-42-43-83-55-19-15-51(16-20-55)64-60(77)66-61-65-53(47-84-61)44-57(75)71-31-29-70(2)30-32-71/h4-6,10-13,15-20,50,52-53,58,61-62,65,67-68H,7-9,14,21-47H2,1-3H3,(H,63,76)(H2,64,66,77). The molecule has 3 aromatic rings. The lowest BCUT2D eigenvalue weighted by Crippen LogP contribution is -2.55. The number of aryl methyl sites for hydroxylation is 1. The molecular formula is C61H96N12O10S. The van der Waals surface area contributed by atoms with Crippen molar-refractivity contribution in [3.05, 3.63) is 90.0 Å². The Bertz CT molecular complexity index is 2340. The Morgan fingerprint density at radius 1 is 0.738 bits per heavy atom. The van der Waals surface area contributed by atoms with Crippen LogP contribution in [0.4, 0.5) is 10.5 Å². The van der Waals surface area contributed by atoms with Gasteiger partial charge in [0.1, 0.15) is 29.6 Å². The van der Waals surface area contributed by atoms with Crippen LogP contribution < -0.4 is 47.0 Å². The highest BCUT2D eigenvalue weighted by molar-refractivity contribution is 8.00. The summed E-state index contributed by atoms with van der Waals surface area (Å²) < 4.78 is 34.8. The number of piperazine rings is 1. The van der Waals surface area contributed by atoms with Gasteiger partial charge in [-0.25, -0.2) is 15.2 Å². The fraction of sp³-hybridized carbons (Fsp3) is 0.639. The number of urea groups is 1. The van der Waals surface area contributed by atoms with Crippen LogP contribution in [0.15, 0.2) is 78.9 Å². The third-order valence-corrected chi connectivity index (χ3v) is 16.7. The first kappa shape index (κ1) is 66.4. The van der Waals surface area contributed by atoms with Crippen molar-refractivity contribution in [2.75, 3.05) is 164 Å². The summed E-state index contributed by atoms with van der Waals surface area (Å²) in [6.07, 6.45) is 6.51. The number of ether oxygens (including phenoxy) is 6. The minimum absolute atomic E-state index is 0.00824. The summed E-state index contributed by atoms with van der Waals surface area (Å²) in [5, 5.41) is 17.8. The second-order valence-corrected chi connectivity index (χ2v) is 23.3. The smallest absolute Gasteiger partial charge is 0.321 e. The zero-order valence-corrected chi connectivity index (χ0v) is 50.9. The van der Waals surface area contributed by atoms with E-state index in [1.54, 1.807) is 31.0 Å². The van der Waals surface area contributed by atoms with Crippen molar-refractivity contribution in [2.45, 2.75) is 88.0 Å². The first-order valence-electron chi connectivity index (χ1n) is 30.4. The first-order valence-corrected chi connectivity index (χ1v) is 31.5. The average Bonchev–Trinajstić information content (AvgIpc) is 4.27. The highest BCUT2D eigenvalue weighted by Gasteiger charge is 2.37. The number of thioether (sulfide) groups is 1. The Morgan fingerprint density at radius 2 is 1.45 bits per heavy atom. The van der Waals surface area contributed by atoms with Gasteiger partial charge in [0.2, 0.25) is 17.7 Å². The van der Waals surface area contributed by atoms with Crippen molar-refractivity contribution < 1.29 is 47.6 Å². The van der Waals surface area contributed by atoms with Gasteiger partial charge in [0.05, 0.1) is 39.6 Å². The van der Waals surface area contributed by atoms with Crippen LogP contribution in [0.25, 0.3) is 0 Å². The number of nitrogens with zero attached hydrogens (tertiary/aromatic N) is 5. The Balaban J connectivity index is 0.643. The number of carbonyl (C=O) groups is 4. The maximum absolute atomic E-state index is 14.0. The fourth-order valence-electron chi connectivity index (χ4n) is 10.5. The molecule has 0 saturated carbocycles. The van der Waals surface area contributed by atoms with E-state index in [-0.39, 0.29) is 47.3 Å². The Labute approximate surface area is 502 Å². The maximum Gasteiger partial charge on any atom is 0.321 e. The number of hydrogen-bond donors (Lipinski definition) is 7. The average molecular weight is 1190 g/mol. The number of nitrogens with one attached hydrogen (secondary N) is 7. The highest BCUT2D eigenvalue weighted by Crippen LogP contribution is 2.25. The van der Waals surface area contributed by atoms with Crippen LogP contribution in [0.3, 0.4) is 0 Å². The van der Waals surface area contributed by atoms with Gasteiger partial charge in [-0.15, -0.1) is 11.8 Å². The first-order chi connectivity index (χ1) is 41.1. The van der Waals surface area contributed by atoms with E-state index < -0.39 is 6.04 Å². The van der Waals surface area contributed by atoms with Crippen molar-refractivity contribution in [2.24, 2.45) is 5.92 Å². The van der Waals surface area contributed by atoms with Gasteiger partial charge in [0.25, 0.3) is 0 Å². The largest absolute Gasteiger partial charge is 0.494 e. The highest BCUT2D eigenvalue weighted by atomic mass is 32.2. The second-order valence-electron chi connectivity index (χ2n) is 22.1. The summed E-state index contributed by atoms with van der Waals surface area (Å²) in [5.74, 6) is 2.42. The molecule has 466 valence electrons. The van der Waals surface area contributed by atoms with E-state index in [2.05, 4.69) is 66.4 Å². The predicted octanol–water partition coefficient (Wildman–Crippen LogP) is 3.75. The number of hydrogen-bond acceptors (Lipinski definition) is 18. The molecule has 0 spiro atoms. The predicted molar refractivity (Wildman–Crippen MR) is 328 cm³/mol. The maximum atomic E-state index is 14.0. The lowest BCUT2D eigenvalue weighted by molar-refractivity contribution is -0.143. The zero-order chi connectivity index (χ0) is 59.0. The van der Waals surface area contributed by atoms with Gasteiger partial charge in [-0.2, -0.15) is 5.53 Å². The number of carbonyl (C=O) groups excluding carboxylic acids is 4. The molecule has 4 saturated heterocycles. The van der Waals surface area contributed by atoms with Crippen LogP contribution >= 0.6 is 11.8 Å². The van der Waals surface area contributed by atoms with Crippen molar-refractivity contribution in [1.82, 2.24) is 56.8 Å². The number of piperidine rings is 1. The molecule has 4 fully saturated rings. The molecule has 4 aliphatic heterocycles. The molecule has 84 heavy (non-hydrogen) atoms. The fourth-order valence-corrected chi connectivity index (χ4v) is 11.7. The van der Waals surface area contributed by atoms with E-state index in [1.807, 2.05) is 76.5 Å². The normalized spacial score (nSPS) is 19.1. The molecular weight excluding hydrogens is 1090 g/mol. The van der Waals surface area contributed by atoms with Crippen LogP contribution in [0, 0.1) is 5.92 Å². The quantitative estimate of drug-likeness (QED) is 0.0406. The van der Waals surface area contributed by atoms with Crippen molar-refractivity contribution in [3.63, 3.8) is 0 Å². The number of unbranched alkanes of at least 4 members (excludes halogenated alkanes) is 1. The van der Waals surface area contributed by atoms with Gasteiger partial charge in [0, 0.05) is 116 Å². The van der Waals surface area contributed by atoms with Crippen molar-refractivity contribution in [3.8, 4) is 11.5 Å². The zero-order valence-electron chi connectivity index (χ0n) is 50.0. The third-order valence-electron chi connectivity index (χ3n) is 15.5. The van der Waals surface area contributed by atoms with Gasteiger partial charge >= 0.3 is 6.03 Å². The minimum atomic E-state index is -0.528. The molecule has 4 heterocycles. The van der Waals surface area contributed by atoms with E-state index in [1.165, 1.54) is 0 Å². The van der Waals surface area contributed by atoms with E-state index in [4.69, 9.17) is 28.4 Å². The summed E-state index contributed by atoms with van der Waals surface area (Å²) in [7, 11) is 5.85. The van der Waals surface area contributed by atoms with Crippen LogP contribution in [0.2, 0.25) is 0 Å². The van der Waals surface area contributed by atoms with E-state index in [0.29, 0.717) is 110 Å². The summed E-state index contributed by atoms with van der Waals surface area (Å²) in [6.45, 7) is 14.3. The lowest BCUT2D eigenvalue weighted by Gasteiger charge is -2.38. The van der Waals surface area contributed by atoms with Crippen LogP contribution in [-0.4, -0.2) is 230 Å². The van der Waals surface area contributed by atoms with E-state index in [9.17, 15) is 19.2 Å². The van der Waals surface area contributed by atoms with Crippen molar-refractivity contribution in [1.29, 1.82) is 0 Å². The summed E-state index contributed by atoms with van der Waals surface area (Å²) in [5.41, 5.74) is 9.03.